The molecule has 0 radical (unpaired) electrons. The number of piperidine rings is 1. The first-order chi connectivity index (χ1) is 18.7. The summed E-state index contributed by atoms with van der Waals surface area (Å²) >= 11 is 6.24. The Balaban J connectivity index is 1.32. The van der Waals surface area contributed by atoms with Gasteiger partial charge in [-0.3, -0.25) is 4.79 Å². The molecule has 1 fully saturated rings. The second-order valence-corrected chi connectivity index (χ2v) is 10.8. The molecule has 0 bridgehead atoms. The minimum absolute atomic E-state index is 0.249. The zero-order valence-electron chi connectivity index (χ0n) is 21.9. The largest absolute Gasteiger partial charge is 0.444 e. The fourth-order valence-electron chi connectivity index (χ4n) is 4.44. The van der Waals surface area contributed by atoms with Crippen LogP contribution in [-0.4, -0.2) is 49.8 Å². The monoisotopic (exact) mass is 548 g/mol. The summed E-state index contributed by atoms with van der Waals surface area (Å²) in [6.45, 7) is 6.86. The van der Waals surface area contributed by atoms with Gasteiger partial charge in [-0.2, -0.15) is 10.1 Å². The van der Waals surface area contributed by atoms with Gasteiger partial charge in [0.15, 0.2) is 0 Å². The molecule has 0 spiro atoms. The molecule has 1 amide bonds. The Bertz CT molecular complexity index is 1540. The number of anilines is 2. The van der Waals surface area contributed by atoms with Crippen molar-refractivity contribution in [3.63, 3.8) is 0 Å². The third kappa shape index (κ3) is 6.28. The number of hydrogen-bond acceptors (Lipinski definition) is 8. The van der Waals surface area contributed by atoms with Crippen molar-refractivity contribution in [2.45, 2.75) is 45.1 Å². The average Bonchev–Trinajstić information content (AvgIpc) is 2.90. The maximum absolute atomic E-state index is 12.6. The van der Waals surface area contributed by atoms with E-state index in [1.165, 1.54) is 6.20 Å². The van der Waals surface area contributed by atoms with E-state index in [0.717, 1.165) is 18.4 Å². The number of hydrogen-bond donors (Lipinski definition) is 2. The van der Waals surface area contributed by atoms with Crippen LogP contribution in [-0.2, 0) is 4.74 Å². The van der Waals surface area contributed by atoms with Crippen LogP contribution in [0.4, 0.5) is 16.4 Å². The van der Waals surface area contributed by atoms with Gasteiger partial charge in [-0.1, -0.05) is 29.8 Å². The van der Waals surface area contributed by atoms with Crippen LogP contribution in [0.3, 0.4) is 0 Å². The maximum Gasteiger partial charge on any atom is 0.410 e. The van der Waals surface area contributed by atoms with Crippen molar-refractivity contribution in [1.29, 1.82) is 0 Å². The number of pyridine rings is 2. The lowest BCUT2D eigenvalue weighted by atomic mass is 9.90. The van der Waals surface area contributed by atoms with Gasteiger partial charge in [0.05, 0.1) is 16.6 Å². The van der Waals surface area contributed by atoms with E-state index >= 15 is 0 Å². The molecule has 0 aliphatic carbocycles. The summed E-state index contributed by atoms with van der Waals surface area (Å²) in [5, 5.41) is 10.8. The molecule has 39 heavy (non-hydrogen) atoms. The van der Waals surface area contributed by atoms with E-state index in [1.807, 2.05) is 39.1 Å². The number of nitrogens with one attached hydrogen (secondary N) is 2. The van der Waals surface area contributed by atoms with E-state index in [9.17, 15) is 9.59 Å². The number of benzene rings is 1. The van der Waals surface area contributed by atoms with Crippen molar-refractivity contribution < 1.29 is 14.3 Å². The van der Waals surface area contributed by atoms with Gasteiger partial charge in [-0.25, -0.2) is 14.9 Å². The number of aromatic nitrogens is 4. The summed E-state index contributed by atoms with van der Waals surface area (Å²) in [4.78, 5) is 35.8. The quantitative estimate of drug-likeness (QED) is 0.310. The van der Waals surface area contributed by atoms with Crippen LogP contribution in [0.25, 0.3) is 10.8 Å². The summed E-state index contributed by atoms with van der Waals surface area (Å²) in [5.41, 5.74) is 0.183. The number of nitrogens with zero attached hydrogens (tertiary/aromatic N) is 4. The molecule has 4 aromatic rings. The number of ether oxygens (including phenoxy) is 2. The van der Waals surface area contributed by atoms with Gasteiger partial charge < -0.3 is 19.7 Å². The Labute approximate surface area is 230 Å². The predicted octanol–water partition coefficient (Wildman–Crippen LogP) is 6.02. The molecular weight excluding hydrogens is 520 g/mol. The van der Waals surface area contributed by atoms with Gasteiger partial charge in [-0.15, -0.1) is 0 Å². The van der Waals surface area contributed by atoms with Crippen LogP contribution in [0.1, 0.15) is 45.1 Å². The fraction of sp³-hybridized carbons (Fsp3) is 0.321. The molecule has 1 aromatic carbocycles. The topological polar surface area (TPSA) is 122 Å². The van der Waals surface area contributed by atoms with Crippen molar-refractivity contribution in [2.24, 2.45) is 0 Å². The third-order valence-corrected chi connectivity index (χ3v) is 6.64. The Morgan fingerprint density at radius 1 is 1.13 bits per heavy atom. The predicted molar refractivity (Wildman–Crippen MR) is 149 cm³/mol. The first-order valence-electron chi connectivity index (χ1n) is 12.7. The highest BCUT2D eigenvalue weighted by Crippen LogP contribution is 2.32. The Morgan fingerprint density at radius 2 is 1.90 bits per heavy atom. The van der Waals surface area contributed by atoms with Crippen molar-refractivity contribution >= 4 is 40.1 Å². The minimum Gasteiger partial charge on any atom is -0.444 e. The molecule has 0 unspecified atom stereocenters. The number of H-pyrrole nitrogens is 1. The van der Waals surface area contributed by atoms with Crippen LogP contribution in [0, 0.1) is 0 Å². The number of amides is 1. The smallest absolute Gasteiger partial charge is 0.410 e. The molecule has 0 atom stereocenters. The summed E-state index contributed by atoms with van der Waals surface area (Å²) in [5.74, 6) is 1.77. The molecular formula is C28H29ClN6O4. The van der Waals surface area contributed by atoms with Gasteiger partial charge >= 0.3 is 6.09 Å². The maximum atomic E-state index is 12.6. The number of carbonyl (C=O) groups excluding carboxylic acids is 1. The number of rotatable bonds is 5. The summed E-state index contributed by atoms with van der Waals surface area (Å²) in [6, 6.07) is 12.5. The third-order valence-electron chi connectivity index (χ3n) is 6.33. The van der Waals surface area contributed by atoms with Gasteiger partial charge in [0, 0.05) is 30.7 Å². The van der Waals surface area contributed by atoms with Crippen LogP contribution >= 0.6 is 11.6 Å². The molecule has 5 rings (SSSR count). The Hall–Kier alpha value is -4.18. The van der Waals surface area contributed by atoms with Gasteiger partial charge in [0.2, 0.25) is 5.88 Å². The zero-order chi connectivity index (χ0) is 27.6. The second kappa shape index (κ2) is 10.9. The molecule has 1 aliphatic heterocycles. The highest BCUT2D eigenvalue weighted by Gasteiger charge is 2.27. The van der Waals surface area contributed by atoms with Crippen molar-refractivity contribution in [3.8, 4) is 11.6 Å². The lowest BCUT2D eigenvalue weighted by Crippen LogP contribution is -2.41. The van der Waals surface area contributed by atoms with E-state index < -0.39 is 5.60 Å². The summed E-state index contributed by atoms with van der Waals surface area (Å²) in [7, 11) is 0. The number of para-hydroxylation sites is 1. The number of carbonyl (C=O) groups is 1. The summed E-state index contributed by atoms with van der Waals surface area (Å²) < 4.78 is 11.4. The lowest BCUT2D eigenvalue weighted by molar-refractivity contribution is 0.0205. The highest BCUT2D eigenvalue weighted by atomic mass is 35.5. The molecule has 1 aliphatic rings. The molecule has 2 N–H and O–H groups in total. The molecule has 1 saturated heterocycles. The average molecular weight is 549 g/mol. The minimum atomic E-state index is -0.511. The Kier molecular flexibility index (Phi) is 7.38. The van der Waals surface area contributed by atoms with E-state index in [2.05, 4.69) is 25.5 Å². The zero-order valence-corrected chi connectivity index (χ0v) is 22.7. The summed E-state index contributed by atoms with van der Waals surface area (Å²) in [6.07, 6.45) is 4.72. The molecule has 11 heteroatoms. The molecule has 4 heterocycles. The van der Waals surface area contributed by atoms with E-state index in [0.29, 0.717) is 40.5 Å². The van der Waals surface area contributed by atoms with Crippen molar-refractivity contribution in [1.82, 2.24) is 25.1 Å². The van der Waals surface area contributed by atoms with Crippen LogP contribution in [0.5, 0.6) is 11.6 Å². The van der Waals surface area contributed by atoms with Crippen molar-refractivity contribution in [3.05, 3.63) is 75.8 Å². The number of aromatic amines is 1. The molecule has 10 nitrogen and oxygen atoms in total. The SMILES string of the molecule is CC(C)(C)OC(=O)N1CCC(c2ccc(Nc3nc(Oc4ccccc4Cl)cc4cn[nH]c(=O)c34)nc2)CC1. The first-order valence-corrected chi connectivity index (χ1v) is 13.1. The highest BCUT2D eigenvalue weighted by molar-refractivity contribution is 6.32. The van der Waals surface area contributed by atoms with Crippen molar-refractivity contribution in [2.75, 3.05) is 18.4 Å². The normalized spacial score (nSPS) is 14.3. The number of fused-ring (bicyclic) bond motifs is 1. The van der Waals surface area contributed by atoms with Crippen LogP contribution < -0.4 is 15.6 Å². The van der Waals surface area contributed by atoms with E-state index in [4.69, 9.17) is 21.1 Å². The van der Waals surface area contributed by atoms with Gasteiger partial charge in [0.25, 0.3) is 5.56 Å². The molecule has 3 aromatic heterocycles. The Morgan fingerprint density at radius 3 is 2.59 bits per heavy atom. The standard InChI is InChI=1S/C28H29ClN6O4/c1-28(2,3)39-27(37)35-12-10-17(11-13-35)18-8-9-22(30-15-18)32-25-24-19(16-31-34-26(24)36)14-23(33-25)38-21-7-5-4-6-20(21)29/h4-9,14-17H,10-13H2,1-3H3,(H,34,36)(H,30,32,33). The first kappa shape index (κ1) is 26.4. The van der Waals surface area contributed by atoms with Gasteiger partial charge in [-0.05, 0) is 63.3 Å². The fourth-order valence-corrected chi connectivity index (χ4v) is 4.62. The van der Waals surface area contributed by atoms with E-state index in [-0.39, 0.29) is 29.3 Å². The van der Waals surface area contributed by atoms with Crippen LogP contribution in [0.15, 0.2) is 59.7 Å². The number of halogens is 1. The second-order valence-electron chi connectivity index (χ2n) is 10.3. The lowest BCUT2D eigenvalue weighted by Gasteiger charge is -2.33. The molecule has 0 saturated carbocycles. The number of likely N-dealkylation sites (tertiary alicyclic amines) is 1. The van der Waals surface area contributed by atoms with E-state index in [1.54, 1.807) is 35.2 Å². The van der Waals surface area contributed by atoms with Crippen LogP contribution in [0.2, 0.25) is 5.02 Å². The van der Waals surface area contributed by atoms with Gasteiger partial charge in [0.1, 0.15) is 23.0 Å². The molecule has 202 valence electrons.